The molecule has 0 saturated heterocycles. The maximum atomic E-state index is 13.6. The molecule has 0 fully saturated rings. The molecule has 1 aromatic heterocycles. The van der Waals surface area contributed by atoms with E-state index in [1.807, 2.05) is 0 Å². The molecule has 0 saturated carbocycles. The number of non-ortho nitro benzene ring substituents is 1. The summed E-state index contributed by atoms with van der Waals surface area (Å²) < 4.78 is 28.2. The number of benzene rings is 2. The van der Waals surface area contributed by atoms with Gasteiger partial charge in [0.1, 0.15) is 22.2 Å². The highest BCUT2D eigenvalue weighted by atomic mass is 35.5. The largest absolute Gasteiger partial charge is 0.381 e. The van der Waals surface area contributed by atoms with E-state index in [2.05, 4.69) is 15.7 Å². The van der Waals surface area contributed by atoms with Crippen LogP contribution in [-0.4, -0.2) is 33.7 Å². The van der Waals surface area contributed by atoms with Gasteiger partial charge in [-0.3, -0.25) is 19.7 Å². The molecule has 0 aliphatic rings. The second-order valence-electron chi connectivity index (χ2n) is 6.14. The third-order valence-electron chi connectivity index (χ3n) is 4.14. The van der Waals surface area contributed by atoms with E-state index in [1.165, 1.54) is 30.5 Å². The molecule has 0 unspecified atom stereocenters. The maximum Gasteiger partial charge on any atom is 0.292 e. The molecule has 0 spiro atoms. The lowest BCUT2D eigenvalue weighted by Gasteiger charge is -2.11. The van der Waals surface area contributed by atoms with Crippen LogP contribution < -0.4 is 16.2 Å². The van der Waals surface area contributed by atoms with Crippen molar-refractivity contribution in [2.75, 3.05) is 18.4 Å². The third kappa shape index (κ3) is 4.83. The van der Waals surface area contributed by atoms with E-state index in [0.29, 0.717) is 0 Å². The molecule has 2 aromatic carbocycles. The van der Waals surface area contributed by atoms with Crippen LogP contribution in [0.4, 0.5) is 20.2 Å². The molecule has 3 aromatic rings. The number of halogens is 3. The van der Waals surface area contributed by atoms with Crippen molar-refractivity contribution in [3.05, 3.63) is 91.4 Å². The van der Waals surface area contributed by atoms with Gasteiger partial charge >= 0.3 is 0 Å². The zero-order valence-electron chi connectivity index (χ0n) is 15.6. The standard InChI is InChI=1S/C19H14ClF2N5O4/c20-17-15(23-8-9-24-18(28)16-13(21)2-1-3-14(16)22)10-25-26(19(17)29)11-4-6-12(7-5-11)27(30)31/h1-7,10,23H,8-9H2,(H,24,28). The van der Waals surface area contributed by atoms with E-state index in [9.17, 15) is 28.5 Å². The first kappa shape index (κ1) is 21.8. The minimum Gasteiger partial charge on any atom is -0.381 e. The summed E-state index contributed by atoms with van der Waals surface area (Å²) in [6, 6.07) is 8.26. The van der Waals surface area contributed by atoms with Gasteiger partial charge in [-0.1, -0.05) is 17.7 Å². The second kappa shape index (κ2) is 9.30. The van der Waals surface area contributed by atoms with Crippen molar-refractivity contribution in [3.8, 4) is 5.69 Å². The lowest BCUT2D eigenvalue weighted by molar-refractivity contribution is -0.384. The summed E-state index contributed by atoms with van der Waals surface area (Å²) in [5.74, 6) is -2.88. The monoisotopic (exact) mass is 449 g/mol. The zero-order chi connectivity index (χ0) is 22.5. The Bertz CT molecular complexity index is 1180. The van der Waals surface area contributed by atoms with E-state index in [4.69, 9.17) is 11.6 Å². The van der Waals surface area contributed by atoms with Crippen LogP contribution in [-0.2, 0) is 0 Å². The van der Waals surface area contributed by atoms with Crippen LogP contribution in [0.15, 0.2) is 53.5 Å². The topological polar surface area (TPSA) is 119 Å². The van der Waals surface area contributed by atoms with Crippen molar-refractivity contribution in [2.45, 2.75) is 0 Å². The Labute approximate surface area is 178 Å². The molecule has 1 amide bonds. The van der Waals surface area contributed by atoms with Crippen LogP contribution in [0.3, 0.4) is 0 Å². The zero-order valence-corrected chi connectivity index (χ0v) is 16.4. The number of carbonyl (C=O) groups is 1. The highest BCUT2D eigenvalue weighted by molar-refractivity contribution is 6.32. The smallest absolute Gasteiger partial charge is 0.292 e. The Morgan fingerprint density at radius 2 is 1.77 bits per heavy atom. The first-order valence-corrected chi connectivity index (χ1v) is 9.16. The number of hydrogen-bond donors (Lipinski definition) is 2. The Balaban J connectivity index is 1.64. The van der Waals surface area contributed by atoms with Crippen LogP contribution in [0, 0.1) is 21.7 Å². The van der Waals surface area contributed by atoms with Gasteiger partial charge in [-0.25, -0.2) is 8.78 Å². The van der Waals surface area contributed by atoms with Crippen molar-refractivity contribution in [3.63, 3.8) is 0 Å². The number of aromatic nitrogens is 2. The van der Waals surface area contributed by atoms with Crippen LogP contribution in [0.1, 0.15) is 10.4 Å². The highest BCUT2D eigenvalue weighted by Crippen LogP contribution is 2.18. The summed E-state index contributed by atoms with van der Waals surface area (Å²) in [5.41, 5.74) is -1.04. The summed E-state index contributed by atoms with van der Waals surface area (Å²) in [6.45, 7) is 0.0680. The van der Waals surface area contributed by atoms with E-state index in [1.54, 1.807) is 0 Å². The van der Waals surface area contributed by atoms with Gasteiger partial charge in [0.2, 0.25) is 0 Å². The SMILES string of the molecule is O=C(NCCNc1cnn(-c2ccc([N+](=O)[O-])cc2)c(=O)c1Cl)c1c(F)cccc1F. The summed E-state index contributed by atoms with van der Waals surface area (Å²) in [5, 5.41) is 19.6. The molecule has 0 atom stereocenters. The molecule has 1 heterocycles. The fraction of sp³-hybridized carbons (Fsp3) is 0.105. The maximum absolute atomic E-state index is 13.6. The fourth-order valence-electron chi connectivity index (χ4n) is 2.63. The minimum absolute atomic E-state index is 0.0195. The molecule has 0 bridgehead atoms. The van der Waals surface area contributed by atoms with Gasteiger partial charge in [-0.2, -0.15) is 9.78 Å². The number of carbonyl (C=O) groups excluding carboxylic acids is 1. The summed E-state index contributed by atoms with van der Waals surface area (Å²) >= 11 is 6.08. The third-order valence-corrected chi connectivity index (χ3v) is 4.51. The van der Waals surface area contributed by atoms with Crippen molar-refractivity contribution < 1.29 is 18.5 Å². The van der Waals surface area contributed by atoms with E-state index >= 15 is 0 Å². The van der Waals surface area contributed by atoms with Crippen LogP contribution in [0.25, 0.3) is 5.69 Å². The molecule has 9 nitrogen and oxygen atoms in total. The number of nitrogens with zero attached hydrogens (tertiary/aromatic N) is 3. The summed E-state index contributed by atoms with van der Waals surface area (Å²) in [4.78, 5) is 34.5. The van der Waals surface area contributed by atoms with Crippen molar-refractivity contribution in [1.82, 2.24) is 15.1 Å². The predicted octanol–water partition coefficient (Wildman–Crippen LogP) is 2.91. The normalized spacial score (nSPS) is 10.5. The molecule has 0 radical (unpaired) electrons. The molecule has 2 N–H and O–H groups in total. The molecule has 12 heteroatoms. The fourth-order valence-corrected chi connectivity index (χ4v) is 2.83. The van der Waals surface area contributed by atoms with E-state index < -0.39 is 33.6 Å². The summed E-state index contributed by atoms with van der Waals surface area (Å²) in [7, 11) is 0. The average Bonchev–Trinajstić information content (AvgIpc) is 2.74. The van der Waals surface area contributed by atoms with Crippen LogP contribution in [0.2, 0.25) is 5.02 Å². The number of nitro benzene ring substituents is 1. The molecular weight excluding hydrogens is 436 g/mol. The molecule has 31 heavy (non-hydrogen) atoms. The van der Waals surface area contributed by atoms with Gasteiger partial charge < -0.3 is 10.6 Å². The molecule has 0 aliphatic heterocycles. The number of nitro groups is 1. The Morgan fingerprint density at radius 1 is 1.13 bits per heavy atom. The van der Waals surface area contributed by atoms with Gasteiger partial charge in [-0.15, -0.1) is 0 Å². The molecule has 160 valence electrons. The Morgan fingerprint density at radius 3 is 2.39 bits per heavy atom. The average molecular weight is 450 g/mol. The Hall–Kier alpha value is -3.86. The van der Waals surface area contributed by atoms with Crippen molar-refractivity contribution in [2.24, 2.45) is 0 Å². The highest BCUT2D eigenvalue weighted by Gasteiger charge is 2.16. The lowest BCUT2D eigenvalue weighted by Crippen LogP contribution is -2.30. The number of rotatable bonds is 7. The first-order chi connectivity index (χ1) is 14.8. The summed E-state index contributed by atoms with van der Waals surface area (Å²) in [6.07, 6.45) is 1.27. The van der Waals surface area contributed by atoms with Gasteiger partial charge in [0.15, 0.2) is 0 Å². The van der Waals surface area contributed by atoms with Gasteiger partial charge in [0.05, 0.1) is 22.5 Å². The Kier molecular flexibility index (Phi) is 6.55. The van der Waals surface area contributed by atoms with Gasteiger partial charge in [0, 0.05) is 25.2 Å². The molecular formula is C19H14ClF2N5O4. The van der Waals surface area contributed by atoms with Crippen molar-refractivity contribution in [1.29, 1.82) is 0 Å². The molecule has 3 rings (SSSR count). The number of nitrogens with one attached hydrogen (secondary N) is 2. The second-order valence-corrected chi connectivity index (χ2v) is 6.52. The number of hydrogen-bond acceptors (Lipinski definition) is 6. The van der Waals surface area contributed by atoms with E-state index in [-0.39, 0.29) is 35.2 Å². The van der Waals surface area contributed by atoms with Crippen molar-refractivity contribution >= 4 is 28.9 Å². The van der Waals surface area contributed by atoms with Crippen LogP contribution in [0.5, 0.6) is 0 Å². The first-order valence-electron chi connectivity index (χ1n) is 8.78. The van der Waals surface area contributed by atoms with Gasteiger partial charge in [0.25, 0.3) is 17.2 Å². The van der Waals surface area contributed by atoms with Crippen LogP contribution >= 0.6 is 11.6 Å². The molecule has 0 aliphatic carbocycles. The van der Waals surface area contributed by atoms with Gasteiger partial charge in [-0.05, 0) is 24.3 Å². The van der Waals surface area contributed by atoms with E-state index in [0.717, 1.165) is 22.9 Å². The quantitative estimate of drug-likeness (QED) is 0.325. The predicted molar refractivity (Wildman–Crippen MR) is 109 cm³/mol. The number of amides is 1. The number of anilines is 1. The lowest BCUT2D eigenvalue weighted by atomic mass is 10.2. The minimum atomic E-state index is -0.979.